The number of aryl methyl sites for hydroxylation is 1. The molecule has 1 rings (SSSR count). The molecular formula is C13H16N2O3S2. The molecule has 0 fully saturated rings. The summed E-state index contributed by atoms with van der Waals surface area (Å²) in [5, 5.41) is 7.77. The van der Waals surface area contributed by atoms with E-state index in [0.717, 1.165) is 0 Å². The number of sulfonamides is 1. The van der Waals surface area contributed by atoms with Crippen LogP contribution in [0.3, 0.4) is 0 Å². The van der Waals surface area contributed by atoms with E-state index in [-0.39, 0.29) is 16.4 Å². The summed E-state index contributed by atoms with van der Waals surface area (Å²) in [5.74, 6) is 3.45. The molecule has 0 aliphatic carbocycles. The molecular weight excluding hydrogens is 296 g/mol. The van der Waals surface area contributed by atoms with E-state index < -0.39 is 10.0 Å². The Morgan fingerprint density at radius 2 is 2.15 bits per heavy atom. The number of hydrogen-bond donors (Lipinski definition) is 2. The lowest BCUT2D eigenvalue weighted by Gasteiger charge is -2.07. The molecule has 0 aliphatic heterocycles. The maximum absolute atomic E-state index is 11.9. The fraction of sp³-hybridized carbons (Fsp3) is 0.308. The molecule has 0 bridgehead atoms. The van der Waals surface area contributed by atoms with Gasteiger partial charge in [-0.3, -0.25) is 4.79 Å². The van der Waals surface area contributed by atoms with E-state index in [9.17, 15) is 13.2 Å². The second-order valence-electron chi connectivity index (χ2n) is 4.09. The Balaban J connectivity index is 2.74. The van der Waals surface area contributed by atoms with Gasteiger partial charge in [-0.15, -0.1) is 18.2 Å². The van der Waals surface area contributed by atoms with Crippen molar-refractivity contribution >= 4 is 27.7 Å². The summed E-state index contributed by atoms with van der Waals surface area (Å²) >= 11 is 1.53. The molecule has 0 atom stereocenters. The first-order chi connectivity index (χ1) is 9.34. The average Bonchev–Trinajstić information content (AvgIpc) is 2.36. The highest BCUT2D eigenvalue weighted by atomic mass is 32.2. The van der Waals surface area contributed by atoms with Gasteiger partial charge in [-0.1, -0.05) is 5.92 Å². The number of nitrogens with one attached hydrogen (secondary N) is 1. The minimum atomic E-state index is -3.82. The highest BCUT2D eigenvalue weighted by molar-refractivity contribution is 7.99. The number of amides is 1. The van der Waals surface area contributed by atoms with Crippen LogP contribution in [0, 0.1) is 19.3 Å². The summed E-state index contributed by atoms with van der Waals surface area (Å²) < 4.78 is 22.6. The molecule has 7 heteroatoms. The van der Waals surface area contributed by atoms with Crippen molar-refractivity contribution in [3.8, 4) is 12.3 Å². The second-order valence-corrected chi connectivity index (χ2v) is 6.76. The molecule has 5 nitrogen and oxygen atoms in total. The lowest BCUT2D eigenvalue weighted by molar-refractivity contribution is 0.0956. The lowest BCUT2D eigenvalue weighted by atomic mass is 10.1. The summed E-state index contributed by atoms with van der Waals surface area (Å²) in [6.07, 6.45) is 5.11. The predicted octanol–water partition coefficient (Wildman–Crippen LogP) is 0.739. The second kappa shape index (κ2) is 7.33. The summed E-state index contributed by atoms with van der Waals surface area (Å²) in [4.78, 5) is 11.8. The van der Waals surface area contributed by atoms with Gasteiger partial charge in [0.25, 0.3) is 5.91 Å². The maximum atomic E-state index is 11.9. The first kappa shape index (κ1) is 16.6. The van der Waals surface area contributed by atoms with Gasteiger partial charge in [-0.25, -0.2) is 13.6 Å². The van der Waals surface area contributed by atoms with Crippen molar-refractivity contribution in [1.29, 1.82) is 0 Å². The van der Waals surface area contributed by atoms with E-state index in [1.54, 1.807) is 13.0 Å². The number of primary sulfonamides is 1. The lowest BCUT2D eigenvalue weighted by Crippen LogP contribution is -2.26. The summed E-state index contributed by atoms with van der Waals surface area (Å²) in [6, 6.07) is 4.31. The zero-order valence-electron chi connectivity index (χ0n) is 11.0. The van der Waals surface area contributed by atoms with Crippen molar-refractivity contribution in [2.75, 3.05) is 18.1 Å². The Labute approximate surface area is 123 Å². The molecule has 1 aromatic rings. The van der Waals surface area contributed by atoms with Gasteiger partial charge in [0.15, 0.2) is 0 Å². The van der Waals surface area contributed by atoms with Crippen molar-refractivity contribution in [2.45, 2.75) is 11.8 Å². The van der Waals surface area contributed by atoms with E-state index >= 15 is 0 Å². The van der Waals surface area contributed by atoms with Gasteiger partial charge < -0.3 is 5.32 Å². The van der Waals surface area contributed by atoms with Gasteiger partial charge in [0.1, 0.15) is 0 Å². The van der Waals surface area contributed by atoms with Crippen LogP contribution in [-0.4, -0.2) is 32.4 Å². The maximum Gasteiger partial charge on any atom is 0.251 e. The van der Waals surface area contributed by atoms with Crippen LogP contribution in [0.15, 0.2) is 23.1 Å². The van der Waals surface area contributed by atoms with Crippen LogP contribution < -0.4 is 10.5 Å². The highest BCUT2D eigenvalue weighted by Crippen LogP contribution is 2.13. The van der Waals surface area contributed by atoms with Gasteiger partial charge in [-0.05, 0) is 30.7 Å². The molecule has 0 unspecified atom stereocenters. The third kappa shape index (κ3) is 5.25. The van der Waals surface area contributed by atoms with Crippen molar-refractivity contribution < 1.29 is 13.2 Å². The van der Waals surface area contributed by atoms with E-state index in [1.165, 1.54) is 23.9 Å². The van der Waals surface area contributed by atoms with Gasteiger partial charge in [-0.2, -0.15) is 0 Å². The molecule has 0 heterocycles. The average molecular weight is 312 g/mol. The topological polar surface area (TPSA) is 89.3 Å². The standard InChI is InChI=1S/C13H16N2O3S2/c1-3-5-19-6-4-15-13(16)11-7-10(2)8-12(9-11)20(14,17)18/h1,7-9H,4-6H2,2H3,(H,15,16)(H2,14,17,18). The van der Waals surface area contributed by atoms with E-state index in [2.05, 4.69) is 11.2 Å². The van der Waals surface area contributed by atoms with Gasteiger partial charge in [0.2, 0.25) is 10.0 Å². The van der Waals surface area contributed by atoms with Gasteiger partial charge >= 0.3 is 0 Å². The molecule has 3 N–H and O–H groups in total. The van der Waals surface area contributed by atoms with Gasteiger partial charge in [0.05, 0.1) is 10.6 Å². The number of benzene rings is 1. The Kier molecular flexibility index (Phi) is 6.07. The smallest absolute Gasteiger partial charge is 0.251 e. The van der Waals surface area contributed by atoms with Crippen LogP contribution in [0.1, 0.15) is 15.9 Å². The molecule has 1 amide bonds. The molecule has 1 aromatic carbocycles. The van der Waals surface area contributed by atoms with E-state index in [1.807, 2.05) is 0 Å². The van der Waals surface area contributed by atoms with Crippen LogP contribution in [0.2, 0.25) is 0 Å². The molecule has 0 saturated heterocycles. The number of hydrogen-bond acceptors (Lipinski definition) is 4. The minimum Gasteiger partial charge on any atom is -0.351 e. The number of carbonyl (C=O) groups excluding carboxylic acids is 1. The van der Waals surface area contributed by atoms with Crippen molar-refractivity contribution in [2.24, 2.45) is 5.14 Å². The number of rotatable bonds is 6. The Morgan fingerprint density at radius 3 is 2.75 bits per heavy atom. The zero-order chi connectivity index (χ0) is 15.2. The number of nitrogens with two attached hydrogens (primary N) is 1. The molecule has 0 spiro atoms. The Bertz CT molecular complexity index is 634. The Hall–Kier alpha value is -1.49. The van der Waals surface area contributed by atoms with Crippen LogP contribution in [-0.2, 0) is 10.0 Å². The Morgan fingerprint density at radius 1 is 1.45 bits per heavy atom. The summed E-state index contributed by atoms with van der Waals surface area (Å²) in [7, 11) is -3.82. The van der Waals surface area contributed by atoms with Crippen LogP contribution >= 0.6 is 11.8 Å². The predicted molar refractivity (Wildman–Crippen MR) is 81.0 cm³/mol. The first-order valence-corrected chi connectivity index (χ1v) is 8.48. The first-order valence-electron chi connectivity index (χ1n) is 5.78. The van der Waals surface area contributed by atoms with Crippen LogP contribution in [0.25, 0.3) is 0 Å². The molecule has 0 aromatic heterocycles. The van der Waals surface area contributed by atoms with E-state index in [4.69, 9.17) is 11.6 Å². The molecule has 108 valence electrons. The van der Waals surface area contributed by atoms with Crippen molar-refractivity contribution in [1.82, 2.24) is 5.32 Å². The fourth-order valence-corrected chi connectivity index (χ4v) is 2.66. The number of terminal acetylenes is 1. The fourth-order valence-electron chi connectivity index (χ4n) is 1.51. The van der Waals surface area contributed by atoms with Crippen molar-refractivity contribution in [3.63, 3.8) is 0 Å². The molecule has 0 saturated carbocycles. The van der Waals surface area contributed by atoms with Crippen molar-refractivity contribution in [3.05, 3.63) is 29.3 Å². The van der Waals surface area contributed by atoms with Crippen LogP contribution in [0.5, 0.6) is 0 Å². The molecule has 20 heavy (non-hydrogen) atoms. The third-order valence-corrected chi connectivity index (χ3v) is 4.12. The molecule has 0 aliphatic rings. The number of carbonyl (C=O) groups is 1. The highest BCUT2D eigenvalue weighted by Gasteiger charge is 2.13. The monoisotopic (exact) mass is 312 g/mol. The third-order valence-electron chi connectivity index (χ3n) is 2.36. The molecule has 0 radical (unpaired) electrons. The largest absolute Gasteiger partial charge is 0.351 e. The van der Waals surface area contributed by atoms with Crippen LogP contribution in [0.4, 0.5) is 0 Å². The number of thioether (sulfide) groups is 1. The summed E-state index contributed by atoms with van der Waals surface area (Å²) in [5.41, 5.74) is 0.930. The SMILES string of the molecule is C#CCSCCNC(=O)c1cc(C)cc(S(N)(=O)=O)c1. The quantitative estimate of drug-likeness (QED) is 0.599. The summed E-state index contributed by atoms with van der Waals surface area (Å²) in [6.45, 7) is 2.16. The van der Waals surface area contributed by atoms with E-state index in [0.29, 0.717) is 23.6 Å². The zero-order valence-corrected chi connectivity index (χ0v) is 12.7. The normalized spacial score (nSPS) is 10.8. The van der Waals surface area contributed by atoms with Gasteiger partial charge in [0, 0.05) is 17.9 Å². The minimum absolute atomic E-state index is 0.0654.